The minimum atomic E-state index is -0.259. The van der Waals surface area contributed by atoms with Crippen LogP contribution in [0.1, 0.15) is 57.7 Å². The van der Waals surface area contributed by atoms with Crippen LogP contribution in [0.25, 0.3) is 11.5 Å². The topological polar surface area (TPSA) is 88.3 Å². The molecular formula is C20H28N4O3. The number of carbonyl (C=O) groups excluding carboxylic acids is 2. The lowest BCUT2D eigenvalue weighted by atomic mass is 9.96. The predicted octanol–water partition coefficient (Wildman–Crippen LogP) is 3.02. The number of benzene rings is 1. The minimum Gasteiger partial charge on any atom is -0.352 e. The Balaban J connectivity index is 2.32. The Morgan fingerprint density at radius 3 is 2.44 bits per heavy atom. The third-order valence-electron chi connectivity index (χ3n) is 3.94. The Hall–Kier alpha value is -2.70. The summed E-state index contributed by atoms with van der Waals surface area (Å²) in [6, 6.07) is 7.10. The highest BCUT2D eigenvalue weighted by Crippen LogP contribution is 2.26. The van der Waals surface area contributed by atoms with Gasteiger partial charge in [0, 0.05) is 18.0 Å². The zero-order valence-electron chi connectivity index (χ0n) is 16.9. The summed E-state index contributed by atoms with van der Waals surface area (Å²) in [6.07, 6.45) is 0. The molecule has 0 aliphatic rings. The normalized spacial score (nSPS) is 11.5. The van der Waals surface area contributed by atoms with Gasteiger partial charge in [-0.15, -0.1) is 0 Å². The van der Waals surface area contributed by atoms with Gasteiger partial charge in [0.1, 0.15) is 0 Å². The number of amides is 2. The molecule has 146 valence electrons. The Bertz CT molecular complexity index is 806. The molecule has 7 nitrogen and oxygen atoms in total. The molecule has 2 rings (SSSR count). The van der Waals surface area contributed by atoms with E-state index in [1.807, 2.05) is 47.6 Å². The average Bonchev–Trinajstić information content (AvgIpc) is 3.08. The fourth-order valence-corrected chi connectivity index (χ4v) is 2.53. The van der Waals surface area contributed by atoms with Gasteiger partial charge in [-0.1, -0.05) is 38.1 Å². The third-order valence-corrected chi connectivity index (χ3v) is 3.94. The maximum Gasteiger partial charge on any atom is 0.258 e. The van der Waals surface area contributed by atoms with E-state index < -0.39 is 0 Å². The van der Waals surface area contributed by atoms with Gasteiger partial charge < -0.3 is 14.7 Å². The van der Waals surface area contributed by atoms with Crippen LogP contribution in [0.15, 0.2) is 28.8 Å². The number of carbonyl (C=O) groups is 2. The van der Waals surface area contributed by atoms with E-state index in [1.54, 1.807) is 18.2 Å². The summed E-state index contributed by atoms with van der Waals surface area (Å²) in [4.78, 5) is 31.1. The summed E-state index contributed by atoms with van der Waals surface area (Å²) >= 11 is 0. The molecule has 27 heavy (non-hydrogen) atoms. The maximum atomic E-state index is 13.1. The summed E-state index contributed by atoms with van der Waals surface area (Å²) in [5.74, 6) is 0.433. The summed E-state index contributed by atoms with van der Waals surface area (Å²) in [7, 11) is 0. The predicted molar refractivity (Wildman–Crippen MR) is 103 cm³/mol. The molecule has 1 heterocycles. The molecule has 0 aliphatic heterocycles. The van der Waals surface area contributed by atoms with Crippen molar-refractivity contribution in [1.82, 2.24) is 20.4 Å². The minimum absolute atomic E-state index is 0.00107. The number of hydrogen-bond acceptors (Lipinski definition) is 5. The number of likely N-dealkylation sites (N-methyl/N-ethyl adjacent to an activating group) is 1. The molecule has 0 aliphatic carbocycles. The lowest BCUT2D eigenvalue weighted by Crippen LogP contribution is -2.42. The molecule has 0 radical (unpaired) electrons. The Morgan fingerprint density at radius 1 is 1.22 bits per heavy atom. The van der Waals surface area contributed by atoms with Crippen molar-refractivity contribution in [2.24, 2.45) is 0 Å². The van der Waals surface area contributed by atoms with Crippen LogP contribution in [0.3, 0.4) is 0 Å². The molecule has 7 heteroatoms. The van der Waals surface area contributed by atoms with Gasteiger partial charge in [-0.3, -0.25) is 9.59 Å². The van der Waals surface area contributed by atoms with Crippen LogP contribution in [-0.4, -0.2) is 46.0 Å². The lowest BCUT2D eigenvalue weighted by Gasteiger charge is -2.22. The lowest BCUT2D eigenvalue weighted by molar-refractivity contribution is -0.122. The van der Waals surface area contributed by atoms with Crippen LogP contribution in [-0.2, 0) is 10.2 Å². The fraction of sp³-hybridized carbons (Fsp3) is 0.500. The van der Waals surface area contributed by atoms with Crippen molar-refractivity contribution in [1.29, 1.82) is 0 Å². The van der Waals surface area contributed by atoms with Crippen LogP contribution in [0.5, 0.6) is 0 Å². The second kappa shape index (κ2) is 8.33. The first-order chi connectivity index (χ1) is 12.6. The third kappa shape index (κ3) is 5.15. The molecule has 0 atom stereocenters. The van der Waals surface area contributed by atoms with E-state index in [0.29, 0.717) is 29.4 Å². The van der Waals surface area contributed by atoms with Crippen LogP contribution in [0.2, 0.25) is 0 Å². The molecule has 1 aromatic heterocycles. The first-order valence-electron chi connectivity index (χ1n) is 9.15. The smallest absolute Gasteiger partial charge is 0.258 e. The highest BCUT2D eigenvalue weighted by atomic mass is 16.5. The van der Waals surface area contributed by atoms with Crippen molar-refractivity contribution in [3.05, 3.63) is 35.7 Å². The second-order valence-electron chi connectivity index (χ2n) is 7.76. The SMILES string of the molecule is CCN(CC(=O)NC(C)C)C(=O)c1ccccc1-c1nc(C(C)(C)C)no1. The van der Waals surface area contributed by atoms with E-state index in [4.69, 9.17) is 4.52 Å². The highest BCUT2D eigenvalue weighted by molar-refractivity contribution is 6.01. The van der Waals surface area contributed by atoms with Gasteiger partial charge in [-0.05, 0) is 32.9 Å². The molecule has 0 saturated heterocycles. The van der Waals surface area contributed by atoms with Crippen molar-refractivity contribution in [3.63, 3.8) is 0 Å². The quantitative estimate of drug-likeness (QED) is 0.842. The van der Waals surface area contributed by atoms with Crippen LogP contribution >= 0.6 is 0 Å². The van der Waals surface area contributed by atoms with Crippen LogP contribution in [0.4, 0.5) is 0 Å². The summed E-state index contributed by atoms with van der Waals surface area (Å²) < 4.78 is 5.40. The monoisotopic (exact) mass is 372 g/mol. The average molecular weight is 372 g/mol. The number of nitrogens with one attached hydrogen (secondary N) is 1. The van der Waals surface area contributed by atoms with Crippen LogP contribution < -0.4 is 5.32 Å². The summed E-state index contributed by atoms with van der Waals surface area (Å²) in [6.45, 7) is 12.0. The Labute approximate surface area is 160 Å². The van der Waals surface area contributed by atoms with Gasteiger partial charge in [-0.2, -0.15) is 4.98 Å². The van der Waals surface area contributed by atoms with Gasteiger partial charge in [0.05, 0.1) is 17.7 Å². The Kier molecular flexibility index (Phi) is 6.36. The molecule has 1 aromatic carbocycles. The standard InChI is InChI=1S/C20H28N4O3/c1-7-24(12-16(25)21-13(2)3)18(26)15-11-9-8-10-14(15)17-22-19(23-27-17)20(4,5)6/h8-11,13H,7,12H2,1-6H3,(H,21,25). The molecule has 0 saturated carbocycles. The van der Waals surface area contributed by atoms with Crippen molar-refractivity contribution in [2.75, 3.05) is 13.1 Å². The van der Waals surface area contributed by atoms with Crippen LogP contribution in [0, 0.1) is 0 Å². The largest absolute Gasteiger partial charge is 0.352 e. The summed E-state index contributed by atoms with van der Waals surface area (Å²) in [5.41, 5.74) is 0.736. The maximum absolute atomic E-state index is 13.1. The molecule has 0 spiro atoms. The van der Waals surface area contributed by atoms with Gasteiger partial charge >= 0.3 is 0 Å². The number of aromatic nitrogens is 2. The van der Waals surface area contributed by atoms with Gasteiger partial charge in [0.25, 0.3) is 11.8 Å². The van der Waals surface area contributed by atoms with Crippen molar-refractivity contribution < 1.29 is 14.1 Å². The van der Waals surface area contributed by atoms with E-state index >= 15 is 0 Å². The van der Waals surface area contributed by atoms with Gasteiger partial charge in [0.2, 0.25) is 5.91 Å². The highest BCUT2D eigenvalue weighted by Gasteiger charge is 2.25. The number of rotatable bonds is 6. The van der Waals surface area contributed by atoms with Crippen molar-refractivity contribution >= 4 is 11.8 Å². The first kappa shape index (κ1) is 20.6. The molecular weight excluding hydrogens is 344 g/mol. The number of nitrogens with zero attached hydrogens (tertiary/aromatic N) is 3. The van der Waals surface area contributed by atoms with E-state index in [9.17, 15) is 9.59 Å². The zero-order valence-corrected chi connectivity index (χ0v) is 16.9. The molecule has 0 bridgehead atoms. The molecule has 0 unspecified atom stereocenters. The second-order valence-corrected chi connectivity index (χ2v) is 7.76. The summed E-state index contributed by atoms with van der Waals surface area (Å²) in [5, 5.41) is 6.84. The number of hydrogen-bond donors (Lipinski definition) is 1. The van der Waals surface area contributed by atoms with E-state index in [0.717, 1.165) is 0 Å². The Morgan fingerprint density at radius 2 is 1.89 bits per heavy atom. The van der Waals surface area contributed by atoms with Gasteiger partial charge in [0.15, 0.2) is 5.82 Å². The molecule has 1 N–H and O–H groups in total. The molecule has 0 fully saturated rings. The van der Waals surface area contributed by atoms with E-state index in [-0.39, 0.29) is 29.8 Å². The van der Waals surface area contributed by atoms with E-state index in [2.05, 4.69) is 15.5 Å². The first-order valence-corrected chi connectivity index (χ1v) is 9.15. The fourth-order valence-electron chi connectivity index (χ4n) is 2.53. The molecule has 2 aromatic rings. The zero-order chi connectivity index (χ0) is 20.2. The van der Waals surface area contributed by atoms with E-state index in [1.165, 1.54) is 4.90 Å². The van der Waals surface area contributed by atoms with Crippen molar-refractivity contribution in [3.8, 4) is 11.5 Å². The van der Waals surface area contributed by atoms with Gasteiger partial charge in [-0.25, -0.2) is 0 Å². The molecule has 2 amide bonds. The van der Waals surface area contributed by atoms with Crippen molar-refractivity contribution in [2.45, 2.75) is 53.0 Å².